The van der Waals surface area contributed by atoms with Gasteiger partial charge in [0.2, 0.25) is 5.91 Å². The van der Waals surface area contributed by atoms with Crippen LogP contribution in [-0.4, -0.2) is 36.5 Å². The Morgan fingerprint density at radius 3 is 2.74 bits per heavy atom. The lowest BCUT2D eigenvalue weighted by Gasteiger charge is -2.19. The van der Waals surface area contributed by atoms with Gasteiger partial charge in [0.1, 0.15) is 0 Å². The second kappa shape index (κ2) is 9.58. The molecule has 34 heavy (non-hydrogen) atoms. The molecule has 5 rings (SSSR count). The summed E-state index contributed by atoms with van der Waals surface area (Å²) in [6, 6.07) is 11.1. The summed E-state index contributed by atoms with van der Waals surface area (Å²) in [5.74, 6) is 0.906. The number of rotatable bonds is 7. The van der Waals surface area contributed by atoms with E-state index in [9.17, 15) is 4.79 Å². The van der Waals surface area contributed by atoms with Crippen molar-refractivity contribution in [2.75, 3.05) is 0 Å². The number of benzene rings is 1. The lowest BCUT2D eigenvalue weighted by molar-refractivity contribution is -0.121. The van der Waals surface area contributed by atoms with Crippen LogP contribution in [0.5, 0.6) is 0 Å². The van der Waals surface area contributed by atoms with Gasteiger partial charge in [-0.05, 0) is 67.8 Å². The van der Waals surface area contributed by atoms with E-state index in [-0.39, 0.29) is 11.2 Å². The van der Waals surface area contributed by atoms with Crippen molar-refractivity contribution in [3.63, 3.8) is 0 Å². The Balaban J connectivity index is 1.57. The summed E-state index contributed by atoms with van der Waals surface area (Å²) in [6.07, 6.45) is 5.30. The summed E-state index contributed by atoms with van der Waals surface area (Å²) < 4.78 is 5.54. The highest BCUT2D eigenvalue weighted by Gasteiger charge is 2.27. The molecule has 1 N–H and O–H groups in total. The van der Waals surface area contributed by atoms with Crippen LogP contribution >= 0.6 is 23.1 Å². The van der Waals surface area contributed by atoms with Gasteiger partial charge in [0.15, 0.2) is 11.0 Å². The highest BCUT2D eigenvalue weighted by molar-refractivity contribution is 8.00. The average Bonchev–Trinajstić information content (AvgIpc) is 3.60. The van der Waals surface area contributed by atoms with Crippen LogP contribution in [0.15, 0.2) is 40.9 Å². The predicted molar refractivity (Wildman–Crippen MR) is 141 cm³/mol. The van der Waals surface area contributed by atoms with Crippen LogP contribution in [0.1, 0.15) is 50.2 Å². The Labute approximate surface area is 208 Å². The number of fused-ring (bicyclic) bond motifs is 1. The molecule has 1 amide bonds. The molecule has 6 nitrogen and oxygen atoms in total. The van der Waals surface area contributed by atoms with Crippen molar-refractivity contribution in [2.24, 2.45) is 7.05 Å². The number of thioether (sulfide) groups is 1. The Bertz CT molecular complexity index is 1330. The number of hydrogen-bond acceptors (Lipinski definition) is 5. The third-order valence-electron chi connectivity index (χ3n) is 6.74. The molecule has 0 saturated heterocycles. The lowest BCUT2D eigenvalue weighted by Crippen LogP contribution is -2.38. The van der Waals surface area contributed by atoms with Crippen molar-refractivity contribution >= 4 is 39.2 Å². The Kier molecular flexibility index (Phi) is 6.53. The average molecular weight is 494 g/mol. The number of nitrogens with one attached hydrogen (secondary N) is 1. The highest BCUT2D eigenvalue weighted by Crippen LogP contribution is 2.36. The molecule has 3 heterocycles. The maximum Gasteiger partial charge on any atom is 0.233 e. The number of amides is 1. The number of aromatic nitrogens is 4. The normalized spacial score (nSPS) is 15.3. The fourth-order valence-corrected chi connectivity index (χ4v) is 6.59. The van der Waals surface area contributed by atoms with Gasteiger partial charge in [-0.2, -0.15) is 0 Å². The molecule has 1 saturated carbocycles. The first kappa shape index (κ1) is 23.2. The summed E-state index contributed by atoms with van der Waals surface area (Å²) in [4.78, 5) is 13.1. The predicted octanol–water partition coefficient (Wildman–Crippen LogP) is 6.03. The summed E-state index contributed by atoms with van der Waals surface area (Å²) in [5.41, 5.74) is 5.58. The van der Waals surface area contributed by atoms with E-state index in [0.717, 1.165) is 47.2 Å². The van der Waals surface area contributed by atoms with Crippen LogP contribution in [0.4, 0.5) is 0 Å². The highest BCUT2D eigenvalue weighted by atomic mass is 32.2. The zero-order chi connectivity index (χ0) is 23.8. The SMILES string of the molecule is CCC(Sc1nnc(-c2cc3sccc3n2C)n1-c1cc(C)ccc1C)C(=O)NC1CCCC1. The molecule has 1 aromatic carbocycles. The molecule has 1 atom stereocenters. The van der Waals surface area contributed by atoms with Crippen LogP contribution in [0.25, 0.3) is 27.4 Å². The van der Waals surface area contributed by atoms with E-state index >= 15 is 0 Å². The summed E-state index contributed by atoms with van der Waals surface area (Å²) >= 11 is 3.24. The largest absolute Gasteiger partial charge is 0.352 e. The van der Waals surface area contributed by atoms with Crippen molar-refractivity contribution in [3.8, 4) is 17.2 Å². The van der Waals surface area contributed by atoms with Crippen molar-refractivity contribution in [2.45, 2.75) is 69.3 Å². The molecule has 1 aliphatic carbocycles. The maximum absolute atomic E-state index is 13.1. The van der Waals surface area contributed by atoms with Gasteiger partial charge < -0.3 is 9.88 Å². The monoisotopic (exact) mass is 493 g/mol. The smallest absolute Gasteiger partial charge is 0.233 e. The van der Waals surface area contributed by atoms with Gasteiger partial charge in [-0.3, -0.25) is 9.36 Å². The second-order valence-corrected chi connectivity index (χ2v) is 11.3. The molecule has 3 aromatic heterocycles. The summed E-state index contributed by atoms with van der Waals surface area (Å²) in [5, 5.41) is 15.2. The molecule has 4 aromatic rings. The number of hydrogen-bond donors (Lipinski definition) is 1. The third-order valence-corrected chi connectivity index (χ3v) is 8.90. The molecule has 0 radical (unpaired) electrons. The van der Waals surface area contributed by atoms with Crippen LogP contribution < -0.4 is 5.32 Å². The second-order valence-electron chi connectivity index (χ2n) is 9.19. The minimum Gasteiger partial charge on any atom is -0.352 e. The van der Waals surface area contributed by atoms with E-state index in [0.29, 0.717) is 6.04 Å². The zero-order valence-corrected chi connectivity index (χ0v) is 21.8. The molecule has 8 heteroatoms. The van der Waals surface area contributed by atoms with Gasteiger partial charge in [-0.1, -0.05) is 43.7 Å². The third kappa shape index (κ3) is 4.29. The molecule has 1 fully saturated rings. The summed E-state index contributed by atoms with van der Waals surface area (Å²) in [7, 11) is 2.07. The van der Waals surface area contributed by atoms with Crippen molar-refractivity contribution < 1.29 is 4.79 Å². The molecular formula is C26H31N5OS2. The number of aryl methyl sites for hydroxylation is 3. The first-order valence-electron chi connectivity index (χ1n) is 12.0. The quantitative estimate of drug-likeness (QED) is 0.319. The standard InChI is InChI=1S/C26H31N5OS2/c1-5-22(25(32)27-18-8-6-7-9-18)34-26-29-28-24(21-15-23-19(30(21)4)12-13-33-23)31(26)20-14-16(2)10-11-17(20)3/h10-15,18,22H,5-9H2,1-4H3,(H,27,32). The number of carbonyl (C=O) groups is 1. The van der Waals surface area contributed by atoms with E-state index in [2.05, 4.69) is 88.2 Å². The molecule has 178 valence electrons. The first-order valence-corrected chi connectivity index (χ1v) is 13.8. The Hall–Kier alpha value is -2.58. The van der Waals surface area contributed by atoms with Gasteiger partial charge in [-0.15, -0.1) is 21.5 Å². The van der Waals surface area contributed by atoms with E-state index in [1.807, 2.05) is 0 Å². The van der Waals surface area contributed by atoms with Gasteiger partial charge in [0.05, 0.1) is 26.8 Å². The van der Waals surface area contributed by atoms with Crippen molar-refractivity contribution in [1.29, 1.82) is 0 Å². The topological polar surface area (TPSA) is 64.7 Å². The molecule has 0 aliphatic heterocycles. The number of thiophene rings is 1. The van der Waals surface area contributed by atoms with Crippen LogP contribution in [0.3, 0.4) is 0 Å². The van der Waals surface area contributed by atoms with Crippen LogP contribution in [0.2, 0.25) is 0 Å². The number of carbonyl (C=O) groups excluding carboxylic acids is 1. The number of nitrogens with zero attached hydrogens (tertiary/aromatic N) is 4. The van der Waals surface area contributed by atoms with E-state index in [1.54, 1.807) is 11.3 Å². The molecule has 0 spiro atoms. The van der Waals surface area contributed by atoms with Crippen LogP contribution in [0, 0.1) is 13.8 Å². The molecule has 1 unspecified atom stereocenters. The van der Waals surface area contributed by atoms with Crippen molar-refractivity contribution in [3.05, 3.63) is 46.8 Å². The fourth-order valence-electron chi connectivity index (χ4n) is 4.77. The van der Waals surface area contributed by atoms with E-state index < -0.39 is 0 Å². The lowest BCUT2D eigenvalue weighted by atomic mass is 10.1. The summed E-state index contributed by atoms with van der Waals surface area (Å²) in [6.45, 7) is 6.28. The zero-order valence-electron chi connectivity index (χ0n) is 20.2. The Morgan fingerprint density at radius 2 is 2.00 bits per heavy atom. The van der Waals surface area contributed by atoms with Gasteiger partial charge in [0, 0.05) is 13.1 Å². The van der Waals surface area contributed by atoms with E-state index in [4.69, 9.17) is 0 Å². The van der Waals surface area contributed by atoms with Gasteiger partial charge in [0.25, 0.3) is 0 Å². The Morgan fingerprint density at radius 1 is 1.21 bits per heavy atom. The van der Waals surface area contributed by atoms with E-state index in [1.165, 1.54) is 40.4 Å². The minimum atomic E-state index is -0.210. The molecular weight excluding hydrogens is 462 g/mol. The maximum atomic E-state index is 13.1. The minimum absolute atomic E-state index is 0.107. The van der Waals surface area contributed by atoms with Crippen molar-refractivity contribution in [1.82, 2.24) is 24.6 Å². The fraction of sp³-hybridized carbons (Fsp3) is 0.423. The first-order chi connectivity index (χ1) is 16.5. The van der Waals surface area contributed by atoms with Gasteiger partial charge >= 0.3 is 0 Å². The molecule has 1 aliphatic rings. The van der Waals surface area contributed by atoms with Crippen LogP contribution in [-0.2, 0) is 11.8 Å². The van der Waals surface area contributed by atoms with Gasteiger partial charge in [-0.25, -0.2) is 0 Å². The molecule has 0 bridgehead atoms.